The number of hydrogen-bond donors (Lipinski definition) is 1. The standard InChI is InChI=1S/C22H22N2O5S/c1-27-18-12-16(13-19(28-2)20(18)29-3)24-21(25)17-10-7-11-23-22(17)30(26)14-15-8-5-4-6-9-15/h4-13H,14H2,1-3H3,(H,24,25). The molecule has 0 aliphatic rings. The van der Waals surface area contributed by atoms with Gasteiger partial charge >= 0.3 is 0 Å². The summed E-state index contributed by atoms with van der Waals surface area (Å²) < 4.78 is 28.8. The summed E-state index contributed by atoms with van der Waals surface area (Å²) in [6.45, 7) is 0. The summed E-state index contributed by atoms with van der Waals surface area (Å²) in [5.41, 5.74) is 1.58. The number of anilines is 1. The monoisotopic (exact) mass is 426 g/mol. The van der Waals surface area contributed by atoms with Gasteiger partial charge in [0.05, 0.1) is 43.4 Å². The third-order valence-electron chi connectivity index (χ3n) is 4.29. The van der Waals surface area contributed by atoms with E-state index in [1.54, 1.807) is 24.3 Å². The minimum atomic E-state index is -1.48. The molecule has 1 amide bonds. The van der Waals surface area contributed by atoms with E-state index in [1.807, 2.05) is 30.3 Å². The van der Waals surface area contributed by atoms with Crippen molar-refractivity contribution in [2.24, 2.45) is 0 Å². The van der Waals surface area contributed by atoms with Crippen LogP contribution in [-0.4, -0.2) is 36.4 Å². The lowest BCUT2D eigenvalue weighted by atomic mass is 10.2. The van der Waals surface area contributed by atoms with Crippen molar-refractivity contribution in [2.75, 3.05) is 26.6 Å². The molecule has 7 nitrogen and oxygen atoms in total. The molecule has 2 aromatic carbocycles. The Morgan fingerprint density at radius 1 is 0.967 bits per heavy atom. The number of methoxy groups -OCH3 is 3. The summed E-state index contributed by atoms with van der Waals surface area (Å²) >= 11 is 0. The molecule has 1 unspecified atom stereocenters. The molecule has 0 bridgehead atoms. The molecule has 156 valence electrons. The third-order valence-corrected chi connectivity index (χ3v) is 5.65. The predicted octanol–water partition coefficient (Wildman–Crippen LogP) is 3.67. The molecule has 1 aromatic heterocycles. The topological polar surface area (TPSA) is 86.8 Å². The molecule has 1 N–H and O–H groups in total. The molecule has 0 fully saturated rings. The summed E-state index contributed by atoms with van der Waals surface area (Å²) in [4.78, 5) is 17.1. The molecule has 0 saturated heterocycles. The fourth-order valence-electron chi connectivity index (χ4n) is 2.89. The molecular weight excluding hydrogens is 404 g/mol. The van der Waals surface area contributed by atoms with E-state index in [4.69, 9.17) is 14.2 Å². The number of nitrogens with one attached hydrogen (secondary N) is 1. The number of nitrogens with zero attached hydrogens (tertiary/aromatic N) is 1. The Morgan fingerprint density at radius 2 is 1.63 bits per heavy atom. The molecule has 0 aliphatic heterocycles. The molecule has 8 heteroatoms. The maximum Gasteiger partial charge on any atom is 0.258 e. The molecule has 30 heavy (non-hydrogen) atoms. The van der Waals surface area contributed by atoms with E-state index >= 15 is 0 Å². The quantitative estimate of drug-likeness (QED) is 0.591. The van der Waals surface area contributed by atoms with Gasteiger partial charge in [-0.3, -0.25) is 9.00 Å². The minimum absolute atomic E-state index is 0.228. The average Bonchev–Trinajstić information content (AvgIpc) is 2.78. The number of rotatable bonds is 8. The van der Waals surface area contributed by atoms with Gasteiger partial charge in [0.2, 0.25) is 5.75 Å². The Morgan fingerprint density at radius 3 is 2.23 bits per heavy atom. The van der Waals surface area contributed by atoms with Gasteiger partial charge in [-0.15, -0.1) is 0 Å². The van der Waals surface area contributed by atoms with Gasteiger partial charge in [0, 0.05) is 24.0 Å². The number of carbonyl (C=O) groups is 1. The first-order chi connectivity index (χ1) is 14.6. The van der Waals surface area contributed by atoms with Gasteiger partial charge in [0.15, 0.2) is 11.5 Å². The smallest absolute Gasteiger partial charge is 0.258 e. The SMILES string of the molecule is COc1cc(NC(=O)c2cccnc2S(=O)Cc2ccccc2)cc(OC)c1OC. The summed E-state index contributed by atoms with van der Waals surface area (Å²) in [6.07, 6.45) is 1.52. The van der Waals surface area contributed by atoms with E-state index in [2.05, 4.69) is 10.3 Å². The fraction of sp³-hybridized carbons (Fsp3) is 0.182. The number of benzene rings is 2. The van der Waals surface area contributed by atoms with Crippen LogP contribution < -0.4 is 19.5 Å². The van der Waals surface area contributed by atoms with Crippen LogP contribution in [0.2, 0.25) is 0 Å². The summed E-state index contributed by atoms with van der Waals surface area (Å²) in [5.74, 6) is 1.07. The number of aromatic nitrogens is 1. The van der Waals surface area contributed by atoms with Crippen molar-refractivity contribution in [2.45, 2.75) is 10.8 Å². The molecule has 0 saturated carbocycles. The maximum atomic E-state index is 12.9. The highest BCUT2D eigenvalue weighted by Gasteiger charge is 2.20. The van der Waals surface area contributed by atoms with Gasteiger partial charge in [0.1, 0.15) is 5.03 Å². The van der Waals surface area contributed by atoms with Crippen molar-refractivity contribution in [3.05, 3.63) is 71.9 Å². The Balaban J connectivity index is 1.87. The van der Waals surface area contributed by atoms with Crippen molar-refractivity contribution >= 4 is 22.4 Å². The maximum absolute atomic E-state index is 12.9. The normalized spacial score (nSPS) is 11.4. The fourth-order valence-corrected chi connectivity index (χ4v) is 4.11. The zero-order valence-electron chi connectivity index (χ0n) is 16.9. The predicted molar refractivity (Wildman–Crippen MR) is 115 cm³/mol. The van der Waals surface area contributed by atoms with E-state index in [9.17, 15) is 9.00 Å². The van der Waals surface area contributed by atoms with Gasteiger partial charge in [-0.05, 0) is 17.7 Å². The number of hydrogen-bond acceptors (Lipinski definition) is 6. The van der Waals surface area contributed by atoms with E-state index in [-0.39, 0.29) is 16.3 Å². The van der Waals surface area contributed by atoms with E-state index < -0.39 is 16.7 Å². The van der Waals surface area contributed by atoms with Gasteiger partial charge in [-0.1, -0.05) is 30.3 Å². The Labute approximate surface area is 177 Å². The van der Waals surface area contributed by atoms with Gasteiger partial charge in [-0.25, -0.2) is 4.98 Å². The molecular formula is C22H22N2O5S. The first-order valence-electron chi connectivity index (χ1n) is 9.06. The number of carbonyl (C=O) groups excluding carboxylic acids is 1. The highest BCUT2D eigenvalue weighted by atomic mass is 32.2. The van der Waals surface area contributed by atoms with Crippen LogP contribution in [0.15, 0.2) is 65.8 Å². The average molecular weight is 426 g/mol. The lowest BCUT2D eigenvalue weighted by Crippen LogP contribution is -2.16. The number of ether oxygens (including phenoxy) is 3. The van der Waals surface area contributed by atoms with Crippen LogP contribution in [0.25, 0.3) is 0 Å². The van der Waals surface area contributed by atoms with Crippen LogP contribution in [0.1, 0.15) is 15.9 Å². The molecule has 1 atom stereocenters. The van der Waals surface area contributed by atoms with Crippen LogP contribution in [0.5, 0.6) is 17.2 Å². The lowest BCUT2D eigenvalue weighted by molar-refractivity contribution is 0.102. The van der Waals surface area contributed by atoms with Crippen LogP contribution in [0, 0.1) is 0 Å². The van der Waals surface area contributed by atoms with E-state index in [0.717, 1.165) is 5.56 Å². The van der Waals surface area contributed by atoms with Gasteiger partial charge in [-0.2, -0.15) is 0 Å². The minimum Gasteiger partial charge on any atom is -0.493 e. The summed E-state index contributed by atoms with van der Waals surface area (Å²) in [5, 5.41) is 3.02. The number of amides is 1. The van der Waals surface area contributed by atoms with Gasteiger partial charge in [0.25, 0.3) is 5.91 Å². The largest absolute Gasteiger partial charge is 0.493 e. The van der Waals surface area contributed by atoms with Crippen molar-refractivity contribution in [3.63, 3.8) is 0 Å². The Hall–Kier alpha value is -3.39. The van der Waals surface area contributed by atoms with Crippen molar-refractivity contribution < 1.29 is 23.2 Å². The van der Waals surface area contributed by atoms with Gasteiger partial charge < -0.3 is 19.5 Å². The highest BCUT2D eigenvalue weighted by Crippen LogP contribution is 2.40. The first-order valence-corrected chi connectivity index (χ1v) is 10.4. The molecule has 3 aromatic rings. The second-order valence-electron chi connectivity index (χ2n) is 6.20. The number of pyridine rings is 1. The first kappa shape index (κ1) is 21.3. The third kappa shape index (κ3) is 4.77. The zero-order chi connectivity index (χ0) is 21.5. The van der Waals surface area contributed by atoms with Crippen molar-refractivity contribution in [3.8, 4) is 17.2 Å². The van der Waals surface area contributed by atoms with Crippen LogP contribution >= 0.6 is 0 Å². The summed E-state index contributed by atoms with van der Waals surface area (Å²) in [7, 11) is 3.01. The molecule has 1 heterocycles. The van der Waals surface area contributed by atoms with Crippen LogP contribution in [-0.2, 0) is 16.6 Å². The second kappa shape index (κ2) is 9.89. The van der Waals surface area contributed by atoms with Crippen molar-refractivity contribution in [1.82, 2.24) is 4.98 Å². The zero-order valence-corrected chi connectivity index (χ0v) is 17.7. The van der Waals surface area contributed by atoms with Crippen LogP contribution in [0.4, 0.5) is 5.69 Å². The molecule has 0 radical (unpaired) electrons. The Kier molecular flexibility index (Phi) is 7.03. The molecule has 3 rings (SSSR count). The van der Waals surface area contributed by atoms with Crippen molar-refractivity contribution in [1.29, 1.82) is 0 Å². The molecule has 0 spiro atoms. The van der Waals surface area contributed by atoms with Crippen LogP contribution in [0.3, 0.4) is 0 Å². The second-order valence-corrected chi connectivity index (χ2v) is 7.57. The summed E-state index contributed by atoms with van der Waals surface area (Å²) in [6, 6.07) is 15.9. The lowest BCUT2D eigenvalue weighted by Gasteiger charge is -2.15. The highest BCUT2D eigenvalue weighted by molar-refractivity contribution is 7.84. The van der Waals surface area contributed by atoms with E-state index in [0.29, 0.717) is 22.9 Å². The van der Waals surface area contributed by atoms with E-state index in [1.165, 1.54) is 27.5 Å². The Bertz CT molecular complexity index is 1030. The molecule has 0 aliphatic carbocycles.